The molecule has 0 saturated heterocycles. The Morgan fingerprint density at radius 1 is 1.04 bits per heavy atom. The minimum atomic E-state index is -0.762. The van der Waals surface area contributed by atoms with Crippen LogP contribution in [0.1, 0.15) is 5.56 Å². The van der Waals surface area contributed by atoms with Gasteiger partial charge >= 0.3 is 5.97 Å². The molecular formula is C16H10Cl4FNO3. The number of carbonyl (C=O) groups excluding carboxylic acids is 2. The van der Waals surface area contributed by atoms with Crippen molar-refractivity contribution in [3.05, 3.63) is 61.8 Å². The van der Waals surface area contributed by atoms with Gasteiger partial charge in [-0.1, -0.05) is 64.6 Å². The van der Waals surface area contributed by atoms with Crippen LogP contribution in [0.25, 0.3) is 0 Å². The van der Waals surface area contributed by atoms with E-state index < -0.39 is 24.3 Å². The maximum atomic E-state index is 13.5. The summed E-state index contributed by atoms with van der Waals surface area (Å²) in [5.74, 6) is -2.00. The van der Waals surface area contributed by atoms with Gasteiger partial charge in [0.1, 0.15) is 5.82 Å². The fourth-order valence-electron chi connectivity index (χ4n) is 1.85. The third-order valence-electron chi connectivity index (χ3n) is 3.03. The third-order valence-corrected chi connectivity index (χ3v) is 4.61. The molecule has 0 spiro atoms. The van der Waals surface area contributed by atoms with E-state index in [-0.39, 0.29) is 37.8 Å². The van der Waals surface area contributed by atoms with Crippen molar-refractivity contribution in [2.75, 3.05) is 11.9 Å². The Morgan fingerprint density at radius 3 is 2.24 bits per heavy atom. The van der Waals surface area contributed by atoms with Crippen LogP contribution in [0.4, 0.5) is 10.1 Å². The SMILES string of the molecule is O=C(COC(=O)Cc1ccccc1F)Nc1c(Cl)c(Cl)cc(Cl)c1Cl. The molecule has 2 rings (SSSR count). The molecule has 4 nitrogen and oxygen atoms in total. The normalized spacial score (nSPS) is 10.4. The predicted molar refractivity (Wildman–Crippen MR) is 96.2 cm³/mol. The smallest absolute Gasteiger partial charge is 0.310 e. The number of hydrogen-bond donors (Lipinski definition) is 1. The first-order chi connectivity index (χ1) is 11.8. The van der Waals surface area contributed by atoms with Crippen molar-refractivity contribution < 1.29 is 18.7 Å². The van der Waals surface area contributed by atoms with Crippen LogP contribution in [0, 0.1) is 5.82 Å². The highest BCUT2D eigenvalue weighted by atomic mass is 35.5. The van der Waals surface area contributed by atoms with Crippen molar-refractivity contribution in [2.45, 2.75) is 6.42 Å². The summed E-state index contributed by atoms with van der Waals surface area (Å²) < 4.78 is 18.3. The summed E-state index contributed by atoms with van der Waals surface area (Å²) in [5, 5.41) is 2.57. The van der Waals surface area contributed by atoms with Crippen LogP contribution in [0.3, 0.4) is 0 Å². The summed E-state index contributed by atoms with van der Waals surface area (Å²) >= 11 is 23.6. The van der Waals surface area contributed by atoms with E-state index >= 15 is 0 Å². The lowest BCUT2D eigenvalue weighted by atomic mass is 10.1. The second kappa shape index (κ2) is 8.72. The molecule has 0 unspecified atom stereocenters. The van der Waals surface area contributed by atoms with Gasteiger partial charge in [-0.2, -0.15) is 0 Å². The van der Waals surface area contributed by atoms with Gasteiger partial charge in [0.05, 0.1) is 32.2 Å². The van der Waals surface area contributed by atoms with Crippen LogP contribution < -0.4 is 5.32 Å². The second-order valence-electron chi connectivity index (χ2n) is 4.82. The van der Waals surface area contributed by atoms with Gasteiger partial charge in [-0.15, -0.1) is 0 Å². The van der Waals surface area contributed by atoms with Crippen molar-refractivity contribution in [1.29, 1.82) is 0 Å². The standard InChI is InChI=1S/C16H10Cl4FNO3/c17-9-6-10(18)15(20)16(14(9)19)22-12(23)7-25-13(24)5-8-3-1-2-4-11(8)21/h1-4,6H,5,7H2,(H,22,23). The molecule has 0 radical (unpaired) electrons. The number of rotatable bonds is 5. The highest BCUT2D eigenvalue weighted by Gasteiger charge is 2.17. The molecule has 0 bridgehead atoms. The van der Waals surface area contributed by atoms with Crippen LogP contribution in [-0.4, -0.2) is 18.5 Å². The minimum absolute atomic E-state index is 0.00194. The molecule has 2 aromatic rings. The van der Waals surface area contributed by atoms with Gasteiger partial charge in [-0.3, -0.25) is 9.59 Å². The van der Waals surface area contributed by atoms with Gasteiger partial charge in [0.15, 0.2) is 6.61 Å². The Balaban J connectivity index is 1.95. The molecule has 2 aromatic carbocycles. The minimum Gasteiger partial charge on any atom is -0.455 e. The molecule has 0 aliphatic rings. The topological polar surface area (TPSA) is 55.4 Å². The fraction of sp³-hybridized carbons (Fsp3) is 0.125. The number of carbonyl (C=O) groups is 2. The first-order valence-corrected chi connectivity index (χ1v) is 8.32. The zero-order chi connectivity index (χ0) is 18.6. The van der Waals surface area contributed by atoms with Gasteiger partial charge < -0.3 is 10.1 Å². The number of amides is 1. The Morgan fingerprint density at radius 2 is 1.64 bits per heavy atom. The summed E-state index contributed by atoms with van der Waals surface area (Å²) in [6, 6.07) is 7.09. The van der Waals surface area contributed by atoms with Gasteiger partial charge in [0, 0.05) is 0 Å². The molecule has 0 aliphatic carbocycles. The number of nitrogens with one attached hydrogen (secondary N) is 1. The molecule has 9 heteroatoms. The van der Waals surface area contributed by atoms with E-state index in [0.29, 0.717) is 0 Å². The predicted octanol–water partition coefficient (Wildman–Crippen LogP) is 5.16. The number of hydrogen-bond acceptors (Lipinski definition) is 3. The third kappa shape index (κ3) is 5.22. The Kier molecular flexibility index (Phi) is 6.90. The fourth-order valence-corrected chi connectivity index (χ4v) is 2.76. The highest BCUT2D eigenvalue weighted by Crippen LogP contribution is 2.40. The van der Waals surface area contributed by atoms with Crippen LogP contribution >= 0.6 is 46.4 Å². The lowest BCUT2D eigenvalue weighted by Gasteiger charge is -2.12. The van der Waals surface area contributed by atoms with Crippen LogP contribution in [0.15, 0.2) is 30.3 Å². The van der Waals surface area contributed by atoms with Gasteiger partial charge in [0.2, 0.25) is 0 Å². The second-order valence-corrected chi connectivity index (χ2v) is 6.39. The Hall–Kier alpha value is -1.53. The molecule has 0 saturated carbocycles. The number of anilines is 1. The summed E-state index contributed by atoms with van der Waals surface area (Å²) in [4.78, 5) is 23.6. The van der Waals surface area contributed by atoms with E-state index in [0.717, 1.165) is 0 Å². The van der Waals surface area contributed by atoms with E-state index in [4.69, 9.17) is 51.1 Å². The molecule has 132 valence electrons. The zero-order valence-electron chi connectivity index (χ0n) is 12.4. The van der Waals surface area contributed by atoms with E-state index in [1.54, 1.807) is 6.07 Å². The molecule has 0 atom stereocenters. The van der Waals surface area contributed by atoms with Crippen molar-refractivity contribution in [3.63, 3.8) is 0 Å². The van der Waals surface area contributed by atoms with Crippen LogP contribution in [0.5, 0.6) is 0 Å². The van der Waals surface area contributed by atoms with Crippen LogP contribution in [0.2, 0.25) is 20.1 Å². The molecule has 25 heavy (non-hydrogen) atoms. The largest absolute Gasteiger partial charge is 0.455 e. The molecule has 0 heterocycles. The summed E-state index contributed by atoms with van der Waals surface area (Å²) in [6.07, 6.45) is -0.301. The Bertz CT molecular complexity index is 803. The number of ether oxygens (including phenoxy) is 1. The van der Waals surface area contributed by atoms with E-state index in [1.807, 2.05) is 0 Å². The molecule has 0 aromatic heterocycles. The van der Waals surface area contributed by atoms with E-state index in [9.17, 15) is 14.0 Å². The average molecular weight is 425 g/mol. The lowest BCUT2D eigenvalue weighted by molar-refractivity contribution is -0.146. The number of benzene rings is 2. The van der Waals surface area contributed by atoms with Crippen molar-refractivity contribution in [3.8, 4) is 0 Å². The van der Waals surface area contributed by atoms with E-state index in [2.05, 4.69) is 5.32 Å². The van der Waals surface area contributed by atoms with Crippen LogP contribution in [-0.2, 0) is 20.7 Å². The quantitative estimate of drug-likeness (QED) is 0.532. The lowest BCUT2D eigenvalue weighted by Crippen LogP contribution is -2.22. The average Bonchev–Trinajstić information content (AvgIpc) is 2.57. The molecule has 0 aliphatic heterocycles. The van der Waals surface area contributed by atoms with Crippen molar-refractivity contribution in [1.82, 2.24) is 0 Å². The number of halogens is 5. The van der Waals surface area contributed by atoms with Gasteiger partial charge in [-0.25, -0.2) is 4.39 Å². The first kappa shape index (κ1) is 19.8. The van der Waals surface area contributed by atoms with Crippen molar-refractivity contribution in [2.24, 2.45) is 0 Å². The highest BCUT2D eigenvalue weighted by molar-refractivity contribution is 6.50. The molecular weight excluding hydrogens is 415 g/mol. The molecule has 0 fully saturated rings. The molecule has 1 amide bonds. The monoisotopic (exact) mass is 423 g/mol. The first-order valence-electron chi connectivity index (χ1n) is 6.81. The zero-order valence-corrected chi connectivity index (χ0v) is 15.4. The maximum Gasteiger partial charge on any atom is 0.310 e. The summed E-state index contributed by atoms with van der Waals surface area (Å²) in [5.41, 5.74) is 0.177. The number of esters is 1. The Labute approximate surface area is 162 Å². The van der Waals surface area contributed by atoms with Gasteiger partial charge in [-0.05, 0) is 17.7 Å². The molecule has 1 N–H and O–H groups in total. The summed E-state index contributed by atoms with van der Waals surface area (Å²) in [6.45, 7) is -0.607. The maximum absolute atomic E-state index is 13.5. The van der Waals surface area contributed by atoms with Gasteiger partial charge in [0.25, 0.3) is 5.91 Å². The van der Waals surface area contributed by atoms with Crippen molar-refractivity contribution >= 4 is 64.0 Å². The van der Waals surface area contributed by atoms with E-state index in [1.165, 1.54) is 24.3 Å². The summed E-state index contributed by atoms with van der Waals surface area (Å²) in [7, 11) is 0.